The van der Waals surface area contributed by atoms with E-state index in [1.54, 1.807) is 6.07 Å². The second kappa shape index (κ2) is 7.65. The van der Waals surface area contributed by atoms with E-state index in [4.69, 9.17) is 15.7 Å². The van der Waals surface area contributed by atoms with Crippen LogP contribution in [0.2, 0.25) is 0 Å². The number of nitrogens with two attached hydrogens (primary N) is 1. The minimum Gasteiger partial charge on any atom is -0.496 e. The van der Waals surface area contributed by atoms with Gasteiger partial charge in [0, 0.05) is 22.1 Å². The molecule has 130 valence electrons. The number of carbonyl (C=O) groups excluding carboxylic acids is 1. The molecule has 0 unspecified atom stereocenters. The van der Waals surface area contributed by atoms with E-state index in [1.807, 2.05) is 10.8 Å². The van der Waals surface area contributed by atoms with Crippen molar-refractivity contribution in [3.8, 4) is 11.8 Å². The average Bonchev–Trinajstić information content (AvgIpc) is 2.60. The van der Waals surface area contributed by atoms with Crippen molar-refractivity contribution in [1.29, 1.82) is 5.26 Å². The Bertz CT molecular complexity index is 968. The minimum atomic E-state index is -4.13. The summed E-state index contributed by atoms with van der Waals surface area (Å²) in [6.45, 7) is 0.221. The summed E-state index contributed by atoms with van der Waals surface area (Å²) in [6, 6.07) is 10.2. The zero-order chi connectivity index (χ0) is 18.6. The van der Waals surface area contributed by atoms with E-state index in [-0.39, 0.29) is 22.6 Å². The summed E-state index contributed by atoms with van der Waals surface area (Å²) in [7, 11) is -2.70. The second-order valence-corrected chi connectivity index (χ2v) is 7.46. The molecule has 9 heteroatoms. The normalized spacial score (nSPS) is 10.8. The molecule has 0 aliphatic rings. The Morgan fingerprint density at radius 2 is 2.04 bits per heavy atom. The van der Waals surface area contributed by atoms with Crippen molar-refractivity contribution >= 4 is 31.9 Å². The maximum atomic E-state index is 12.4. The van der Waals surface area contributed by atoms with Gasteiger partial charge in [-0.1, -0.05) is 6.07 Å². The molecule has 25 heavy (non-hydrogen) atoms. The van der Waals surface area contributed by atoms with Crippen molar-refractivity contribution in [3.63, 3.8) is 0 Å². The van der Waals surface area contributed by atoms with E-state index in [9.17, 15) is 13.2 Å². The molecule has 0 saturated heterocycles. The molecule has 0 fully saturated rings. The van der Waals surface area contributed by atoms with E-state index in [0.29, 0.717) is 15.8 Å². The molecule has 0 bridgehead atoms. The third-order valence-corrected chi connectivity index (χ3v) is 5.38. The lowest BCUT2D eigenvalue weighted by Gasteiger charge is -2.10. The van der Waals surface area contributed by atoms with Crippen molar-refractivity contribution in [2.75, 3.05) is 7.11 Å². The first-order valence-corrected chi connectivity index (χ1v) is 9.23. The summed E-state index contributed by atoms with van der Waals surface area (Å²) in [5.74, 6) is -0.425. The first-order chi connectivity index (χ1) is 11.8. The third-order valence-electron chi connectivity index (χ3n) is 3.36. The van der Waals surface area contributed by atoms with E-state index in [2.05, 4.69) is 15.9 Å². The fourth-order valence-electron chi connectivity index (χ4n) is 2.05. The van der Waals surface area contributed by atoms with Crippen LogP contribution in [0.1, 0.15) is 21.5 Å². The molecule has 3 N–H and O–H groups in total. The van der Waals surface area contributed by atoms with Gasteiger partial charge in [-0.25, -0.2) is 13.1 Å². The smallest absolute Gasteiger partial charge is 0.265 e. The molecule has 0 aromatic heterocycles. The lowest BCUT2D eigenvalue weighted by molar-refractivity contribution is 0.0981. The first kappa shape index (κ1) is 18.9. The van der Waals surface area contributed by atoms with Crippen LogP contribution in [-0.2, 0) is 16.6 Å². The van der Waals surface area contributed by atoms with Gasteiger partial charge in [0.2, 0.25) is 0 Å². The summed E-state index contributed by atoms with van der Waals surface area (Å²) < 4.78 is 32.3. The molecular formula is C16H14BrN3O4S. The molecule has 0 saturated carbocycles. The number of hydrogen-bond acceptors (Lipinski definition) is 6. The van der Waals surface area contributed by atoms with Crippen molar-refractivity contribution < 1.29 is 17.9 Å². The van der Waals surface area contributed by atoms with Gasteiger partial charge in [0.05, 0.1) is 17.6 Å². The molecule has 0 radical (unpaired) electrons. The van der Waals surface area contributed by atoms with Gasteiger partial charge in [0.15, 0.2) is 0 Å². The van der Waals surface area contributed by atoms with Gasteiger partial charge in [-0.2, -0.15) is 5.26 Å². The van der Waals surface area contributed by atoms with Crippen LogP contribution in [-0.4, -0.2) is 21.4 Å². The summed E-state index contributed by atoms with van der Waals surface area (Å²) in [5.41, 5.74) is 6.50. The Morgan fingerprint density at radius 1 is 1.32 bits per heavy atom. The third kappa shape index (κ3) is 4.17. The van der Waals surface area contributed by atoms with E-state index in [0.717, 1.165) is 0 Å². The molecule has 0 heterocycles. The number of amides is 1. The summed E-state index contributed by atoms with van der Waals surface area (Å²) >= 11 is 3.15. The number of nitrogens with one attached hydrogen (secondary N) is 1. The SMILES string of the molecule is COc1cc(C(=O)NS(=O)(=O)c2ccc(Br)c(C#N)c2)ccc1CN. The number of ether oxygens (including phenoxy) is 1. The van der Waals surface area contributed by atoms with Crippen LogP contribution in [0.3, 0.4) is 0 Å². The van der Waals surface area contributed by atoms with E-state index in [1.165, 1.54) is 37.4 Å². The fourth-order valence-corrected chi connectivity index (χ4v) is 3.39. The molecule has 2 aromatic rings. The lowest BCUT2D eigenvalue weighted by Crippen LogP contribution is -2.30. The van der Waals surface area contributed by atoms with Gasteiger partial charge in [0.1, 0.15) is 11.8 Å². The largest absolute Gasteiger partial charge is 0.496 e. The standard InChI is InChI=1S/C16H14BrN3O4S/c1-24-15-7-10(2-3-11(15)8-18)16(21)20-25(22,23)13-4-5-14(17)12(6-13)9-19/h2-7H,8,18H2,1H3,(H,20,21). The second-order valence-electron chi connectivity index (χ2n) is 4.92. The molecule has 0 aliphatic heterocycles. The molecule has 2 rings (SSSR count). The van der Waals surface area contributed by atoms with Crippen LogP contribution in [0.4, 0.5) is 0 Å². The Morgan fingerprint density at radius 3 is 2.64 bits per heavy atom. The molecular weight excluding hydrogens is 410 g/mol. The number of rotatable bonds is 5. The molecule has 1 amide bonds. The Balaban J connectivity index is 2.32. The van der Waals surface area contributed by atoms with Gasteiger partial charge in [-0.3, -0.25) is 4.79 Å². The van der Waals surface area contributed by atoms with Crippen LogP contribution in [0.5, 0.6) is 5.75 Å². The highest BCUT2D eigenvalue weighted by Crippen LogP contribution is 2.22. The number of halogens is 1. The monoisotopic (exact) mass is 423 g/mol. The predicted molar refractivity (Wildman–Crippen MR) is 94.4 cm³/mol. The quantitative estimate of drug-likeness (QED) is 0.756. The van der Waals surface area contributed by atoms with Crippen LogP contribution in [0.15, 0.2) is 45.8 Å². The number of nitrogens with zero attached hydrogens (tertiary/aromatic N) is 1. The highest BCUT2D eigenvalue weighted by atomic mass is 79.9. The number of carbonyl (C=O) groups is 1. The molecule has 2 aromatic carbocycles. The van der Waals surface area contributed by atoms with Crippen molar-refractivity contribution in [2.45, 2.75) is 11.4 Å². The van der Waals surface area contributed by atoms with Crippen LogP contribution < -0.4 is 15.2 Å². The molecule has 0 spiro atoms. The average molecular weight is 424 g/mol. The zero-order valence-electron chi connectivity index (χ0n) is 13.1. The number of sulfonamides is 1. The number of nitriles is 1. The number of benzene rings is 2. The zero-order valence-corrected chi connectivity index (χ0v) is 15.5. The molecule has 0 atom stereocenters. The molecule has 7 nitrogen and oxygen atoms in total. The maximum absolute atomic E-state index is 12.4. The Kier molecular flexibility index (Phi) is 5.79. The Hall–Kier alpha value is -2.41. The summed E-state index contributed by atoms with van der Waals surface area (Å²) in [4.78, 5) is 12.1. The van der Waals surface area contributed by atoms with Gasteiger partial charge < -0.3 is 10.5 Å². The Labute approximate surface area is 153 Å². The predicted octanol–water partition coefficient (Wildman–Crippen LogP) is 1.91. The van der Waals surface area contributed by atoms with E-state index >= 15 is 0 Å². The van der Waals surface area contributed by atoms with Crippen LogP contribution in [0, 0.1) is 11.3 Å². The number of hydrogen-bond donors (Lipinski definition) is 2. The topological polar surface area (TPSA) is 122 Å². The van der Waals surface area contributed by atoms with Gasteiger partial charge in [-0.15, -0.1) is 0 Å². The first-order valence-electron chi connectivity index (χ1n) is 6.96. The number of methoxy groups -OCH3 is 1. The lowest BCUT2D eigenvalue weighted by atomic mass is 10.1. The van der Waals surface area contributed by atoms with Gasteiger partial charge in [0.25, 0.3) is 15.9 Å². The highest BCUT2D eigenvalue weighted by molar-refractivity contribution is 9.10. The van der Waals surface area contributed by atoms with Crippen molar-refractivity contribution in [2.24, 2.45) is 5.73 Å². The summed E-state index contributed by atoms with van der Waals surface area (Å²) in [6.07, 6.45) is 0. The maximum Gasteiger partial charge on any atom is 0.265 e. The van der Waals surface area contributed by atoms with Crippen molar-refractivity contribution in [3.05, 3.63) is 57.6 Å². The van der Waals surface area contributed by atoms with Crippen LogP contribution >= 0.6 is 15.9 Å². The van der Waals surface area contributed by atoms with Gasteiger partial charge in [-0.05, 0) is 46.3 Å². The molecule has 0 aliphatic carbocycles. The van der Waals surface area contributed by atoms with Crippen LogP contribution in [0.25, 0.3) is 0 Å². The minimum absolute atomic E-state index is 0.107. The van der Waals surface area contributed by atoms with E-state index < -0.39 is 15.9 Å². The van der Waals surface area contributed by atoms with Gasteiger partial charge >= 0.3 is 0 Å². The fraction of sp³-hybridized carbons (Fsp3) is 0.125. The summed E-state index contributed by atoms with van der Waals surface area (Å²) in [5, 5.41) is 8.99. The van der Waals surface area contributed by atoms with Crippen molar-refractivity contribution in [1.82, 2.24) is 4.72 Å². The highest BCUT2D eigenvalue weighted by Gasteiger charge is 2.20.